The van der Waals surface area contributed by atoms with Crippen molar-refractivity contribution in [3.8, 4) is 0 Å². The van der Waals surface area contributed by atoms with E-state index in [0.29, 0.717) is 19.4 Å². The fraction of sp³-hybridized carbons (Fsp3) is 0.522. The smallest absolute Gasteiger partial charge is 0.407 e. The molecule has 1 heterocycles. The van der Waals surface area contributed by atoms with Gasteiger partial charge in [0.1, 0.15) is 13.2 Å². The number of nitrogens with zero attached hydrogens (tertiary/aromatic N) is 1. The summed E-state index contributed by atoms with van der Waals surface area (Å²) in [5, 5.41) is 20.5. The Hall–Kier alpha value is -3.43. The molecule has 0 bridgehead atoms. The van der Waals surface area contributed by atoms with Crippen LogP contribution < -0.4 is 5.32 Å². The number of amides is 2. The number of carbonyl (C=O) groups is 5. The highest BCUT2D eigenvalue weighted by Gasteiger charge is 2.46. The second kappa shape index (κ2) is 12.6. The Morgan fingerprint density at radius 3 is 2.42 bits per heavy atom. The van der Waals surface area contributed by atoms with Gasteiger partial charge in [-0.05, 0) is 31.7 Å². The summed E-state index contributed by atoms with van der Waals surface area (Å²) >= 11 is 0. The lowest BCUT2D eigenvalue weighted by Gasteiger charge is -2.34. The molecule has 1 fully saturated rings. The Kier molecular flexibility index (Phi) is 10.5. The summed E-state index contributed by atoms with van der Waals surface area (Å²) in [7, 11) is 0. The summed E-state index contributed by atoms with van der Waals surface area (Å²) in [5.74, 6) is -4.45. The first-order valence-corrected chi connectivity index (χ1v) is 10.4. The van der Waals surface area contributed by atoms with E-state index < -0.39 is 41.2 Å². The Morgan fingerprint density at radius 1 is 1.15 bits per heavy atom. The molecule has 1 aliphatic rings. The number of alkyl carbamates (subject to hydrolysis) is 1. The van der Waals surface area contributed by atoms with Crippen molar-refractivity contribution in [1.82, 2.24) is 10.2 Å². The number of carbonyl (C=O) groups excluding carboxylic acids is 3. The monoisotopic (exact) mass is 464 g/mol. The number of likely N-dealkylation sites (tertiary alicyclic amines) is 1. The molecule has 0 radical (unpaired) electrons. The number of Topliss-reactive ketones (excluding diaryl/α,β-unsaturated/α-hetero) is 1. The number of carboxylic acids is 2. The Balaban J connectivity index is 0.00000544. The third-order valence-electron chi connectivity index (χ3n) is 5.63. The molecule has 2 atom stereocenters. The molecule has 0 aromatic heterocycles. The molecule has 1 saturated heterocycles. The molecule has 10 heteroatoms. The van der Waals surface area contributed by atoms with Crippen molar-refractivity contribution in [1.29, 1.82) is 0 Å². The molecular formula is C23H32N2O8. The highest BCUT2D eigenvalue weighted by Crippen LogP contribution is 2.32. The van der Waals surface area contributed by atoms with Crippen LogP contribution in [0.25, 0.3) is 0 Å². The van der Waals surface area contributed by atoms with E-state index in [1.54, 1.807) is 19.1 Å². The van der Waals surface area contributed by atoms with Crippen LogP contribution in [0.4, 0.5) is 4.79 Å². The molecule has 182 valence electrons. The van der Waals surface area contributed by atoms with Gasteiger partial charge in [-0.1, -0.05) is 37.8 Å². The third-order valence-corrected chi connectivity index (χ3v) is 5.63. The van der Waals surface area contributed by atoms with Crippen molar-refractivity contribution in [2.45, 2.75) is 58.6 Å². The van der Waals surface area contributed by atoms with E-state index in [4.69, 9.17) is 9.84 Å². The zero-order valence-corrected chi connectivity index (χ0v) is 17.9. The van der Waals surface area contributed by atoms with Crippen LogP contribution in [0.15, 0.2) is 30.3 Å². The molecule has 0 saturated carbocycles. The molecule has 1 aromatic carbocycles. The molecule has 3 N–H and O–H groups in total. The fourth-order valence-corrected chi connectivity index (χ4v) is 3.72. The minimum absolute atomic E-state index is 0. The van der Waals surface area contributed by atoms with Crippen LogP contribution in [0.5, 0.6) is 0 Å². The van der Waals surface area contributed by atoms with Gasteiger partial charge in [-0.25, -0.2) is 4.79 Å². The number of carboxylic acid groups (broad SMARTS) is 2. The molecule has 10 nitrogen and oxygen atoms in total. The van der Waals surface area contributed by atoms with Crippen LogP contribution in [-0.2, 0) is 30.5 Å². The maximum atomic E-state index is 12.9. The molecule has 1 aliphatic heterocycles. The number of ether oxygens (including phenoxy) is 1. The van der Waals surface area contributed by atoms with E-state index in [2.05, 4.69) is 5.32 Å². The number of aliphatic carboxylic acids is 2. The Labute approximate surface area is 192 Å². The Morgan fingerprint density at radius 2 is 1.82 bits per heavy atom. The van der Waals surface area contributed by atoms with Gasteiger partial charge in [0.15, 0.2) is 5.78 Å². The lowest BCUT2D eigenvalue weighted by Crippen LogP contribution is -2.54. The maximum Gasteiger partial charge on any atom is 0.407 e. The van der Waals surface area contributed by atoms with Crippen LogP contribution in [0.1, 0.15) is 52.0 Å². The topological polar surface area (TPSA) is 150 Å². The molecular weight excluding hydrogens is 432 g/mol. The number of hydrogen-bond donors (Lipinski definition) is 3. The van der Waals surface area contributed by atoms with E-state index >= 15 is 0 Å². The fourth-order valence-electron chi connectivity index (χ4n) is 3.72. The SMILES string of the molecule is C.CC1(C(=O)CC(CCC(=O)O)C(=O)O)CCCN1C(=O)CNC(=O)OCc1ccccc1. The number of ketones is 1. The zero-order chi connectivity index (χ0) is 23.7. The highest BCUT2D eigenvalue weighted by molar-refractivity contribution is 5.96. The van der Waals surface area contributed by atoms with Crippen molar-refractivity contribution in [2.75, 3.05) is 13.1 Å². The highest BCUT2D eigenvalue weighted by atomic mass is 16.5. The van der Waals surface area contributed by atoms with Crippen molar-refractivity contribution in [3.63, 3.8) is 0 Å². The zero-order valence-electron chi connectivity index (χ0n) is 17.9. The molecule has 2 rings (SSSR count). The largest absolute Gasteiger partial charge is 0.481 e. The molecule has 0 spiro atoms. The van der Waals surface area contributed by atoms with Crippen molar-refractivity contribution < 1.29 is 38.9 Å². The first-order valence-electron chi connectivity index (χ1n) is 10.4. The minimum atomic E-state index is -1.25. The average molecular weight is 465 g/mol. The molecule has 0 aliphatic carbocycles. The minimum Gasteiger partial charge on any atom is -0.481 e. The standard InChI is InChI=1S/C22H28N2O8.CH4/c1-22(17(25)12-16(20(29)30)8-9-19(27)28)10-5-11-24(22)18(26)13-23-21(31)32-14-15-6-3-2-4-7-15;/h2-4,6-7,16H,5,8-14H2,1H3,(H,23,31)(H,27,28)(H,29,30);1H4. The molecule has 33 heavy (non-hydrogen) atoms. The van der Waals surface area contributed by atoms with Crippen LogP contribution in [0.2, 0.25) is 0 Å². The quantitative estimate of drug-likeness (QED) is 0.452. The van der Waals surface area contributed by atoms with Gasteiger partial charge in [0.25, 0.3) is 0 Å². The number of hydrogen-bond acceptors (Lipinski definition) is 6. The van der Waals surface area contributed by atoms with Crippen LogP contribution in [0, 0.1) is 5.92 Å². The van der Waals surface area contributed by atoms with Gasteiger partial charge in [-0.15, -0.1) is 0 Å². The van der Waals surface area contributed by atoms with Crippen molar-refractivity contribution in [3.05, 3.63) is 35.9 Å². The first-order chi connectivity index (χ1) is 15.1. The number of nitrogens with one attached hydrogen (secondary N) is 1. The van der Waals surface area contributed by atoms with E-state index in [1.807, 2.05) is 18.2 Å². The van der Waals surface area contributed by atoms with Gasteiger partial charge in [0, 0.05) is 19.4 Å². The van der Waals surface area contributed by atoms with E-state index in [0.717, 1.165) is 5.56 Å². The molecule has 1 aromatic rings. The van der Waals surface area contributed by atoms with E-state index in [9.17, 15) is 29.1 Å². The lowest BCUT2D eigenvalue weighted by atomic mass is 9.85. The van der Waals surface area contributed by atoms with Crippen LogP contribution in [-0.4, -0.2) is 63.5 Å². The summed E-state index contributed by atoms with van der Waals surface area (Å²) in [4.78, 5) is 61.0. The first kappa shape index (κ1) is 27.6. The maximum absolute atomic E-state index is 12.9. The molecule has 2 amide bonds. The molecule has 2 unspecified atom stereocenters. The summed E-state index contributed by atoms with van der Waals surface area (Å²) in [5.41, 5.74) is -0.411. The summed E-state index contributed by atoms with van der Waals surface area (Å²) < 4.78 is 5.06. The summed E-state index contributed by atoms with van der Waals surface area (Å²) in [6.07, 6.45) is -0.752. The second-order valence-electron chi connectivity index (χ2n) is 7.93. The van der Waals surface area contributed by atoms with E-state index in [-0.39, 0.29) is 39.8 Å². The lowest BCUT2D eigenvalue weighted by molar-refractivity contribution is -0.148. The average Bonchev–Trinajstić information content (AvgIpc) is 3.16. The van der Waals surface area contributed by atoms with Crippen molar-refractivity contribution in [2.24, 2.45) is 5.92 Å². The normalized spacial score (nSPS) is 18.0. The number of benzene rings is 1. The van der Waals surface area contributed by atoms with Gasteiger partial charge in [-0.2, -0.15) is 0 Å². The number of rotatable bonds is 11. The predicted octanol–water partition coefficient (Wildman–Crippen LogP) is 2.45. The van der Waals surface area contributed by atoms with Crippen LogP contribution in [0.3, 0.4) is 0 Å². The van der Waals surface area contributed by atoms with Gasteiger partial charge in [-0.3, -0.25) is 19.2 Å². The van der Waals surface area contributed by atoms with Gasteiger partial charge >= 0.3 is 18.0 Å². The third kappa shape index (κ3) is 7.89. The Bertz CT molecular complexity index is 857. The van der Waals surface area contributed by atoms with Gasteiger partial charge < -0.3 is 25.2 Å². The van der Waals surface area contributed by atoms with E-state index in [1.165, 1.54) is 4.90 Å². The van der Waals surface area contributed by atoms with Crippen molar-refractivity contribution >= 4 is 29.7 Å². The second-order valence-corrected chi connectivity index (χ2v) is 7.93. The predicted molar refractivity (Wildman–Crippen MR) is 118 cm³/mol. The summed E-state index contributed by atoms with van der Waals surface area (Å²) in [6.45, 7) is 1.56. The van der Waals surface area contributed by atoms with Gasteiger partial charge in [0.2, 0.25) is 5.91 Å². The summed E-state index contributed by atoms with van der Waals surface area (Å²) in [6, 6.07) is 9.03. The van der Waals surface area contributed by atoms with Gasteiger partial charge in [0.05, 0.1) is 11.5 Å². The van der Waals surface area contributed by atoms with Crippen LogP contribution >= 0.6 is 0 Å².